The van der Waals surface area contributed by atoms with Crippen LogP contribution in [-0.2, 0) is 0 Å². The van der Waals surface area contributed by atoms with Gasteiger partial charge in [0.05, 0.1) is 11.1 Å². The number of urea groups is 1. The standard InChI is InChI=1S/C20H24N4O5/c1-13(2)17-6-4-14(3)10-19(17)29-9-8-28-18-7-5-16(24(26)27)11-15(18)12-22-23-20(21)25/h4-7,10-13H,8-9H2,1-3H3,(H3,21,23,25). The molecule has 2 rings (SSSR count). The largest absolute Gasteiger partial charge is 0.490 e. The summed E-state index contributed by atoms with van der Waals surface area (Å²) in [5.41, 5.74) is 9.39. The van der Waals surface area contributed by atoms with Crippen molar-refractivity contribution in [2.75, 3.05) is 13.2 Å². The molecule has 0 saturated heterocycles. The summed E-state index contributed by atoms with van der Waals surface area (Å²) in [5, 5.41) is 14.6. The Kier molecular flexibility index (Phi) is 7.53. The van der Waals surface area contributed by atoms with E-state index in [1.54, 1.807) is 0 Å². The third-order valence-corrected chi connectivity index (χ3v) is 3.97. The maximum atomic E-state index is 11.0. The zero-order chi connectivity index (χ0) is 21.4. The Morgan fingerprint density at radius 1 is 1.21 bits per heavy atom. The Labute approximate surface area is 168 Å². The summed E-state index contributed by atoms with van der Waals surface area (Å²) < 4.78 is 11.6. The Morgan fingerprint density at radius 3 is 2.52 bits per heavy atom. The van der Waals surface area contributed by atoms with E-state index >= 15 is 0 Å². The molecule has 0 aliphatic heterocycles. The fourth-order valence-electron chi connectivity index (χ4n) is 2.59. The van der Waals surface area contributed by atoms with Gasteiger partial charge < -0.3 is 15.2 Å². The average molecular weight is 400 g/mol. The highest BCUT2D eigenvalue weighted by atomic mass is 16.6. The highest BCUT2D eigenvalue weighted by molar-refractivity contribution is 5.85. The highest BCUT2D eigenvalue weighted by Gasteiger charge is 2.12. The molecule has 0 unspecified atom stereocenters. The van der Waals surface area contributed by atoms with Crippen molar-refractivity contribution in [2.45, 2.75) is 26.7 Å². The molecule has 0 radical (unpaired) electrons. The SMILES string of the molecule is Cc1ccc(C(C)C)c(OCCOc2ccc([N+](=O)[O-])cc2C=NNC(N)=O)c1. The van der Waals surface area contributed by atoms with Crippen LogP contribution in [-0.4, -0.2) is 30.4 Å². The predicted octanol–water partition coefficient (Wildman–Crippen LogP) is 3.49. The molecule has 0 bridgehead atoms. The fraction of sp³-hybridized carbons (Fsp3) is 0.300. The molecule has 0 heterocycles. The highest BCUT2D eigenvalue weighted by Crippen LogP contribution is 2.27. The zero-order valence-electron chi connectivity index (χ0n) is 16.5. The minimum atomic E-state index is -0.846. The minimum Gasteiger partial charge on any atom is -0.490 e. The van der Waals surface area contributed by atoms with E-state index in [0.717, 1.165) is 16.9 Å². The molecule has 29 heavy (non-hydrogen) atoms. The van der Waals surface area contributed by atoms with Crippen molar-refractivity contribution in [3.63, 3.8) is 0 Å². The fourth-order valence-corrected chi connectivity index (χ4v) is 2.59. The van der Waals surface area contributed by atoms with E-state index < -0.39 is 11.0 Å². The van der Waals surface area contributed by atoms with Gasteiger partial charge in [-0.15, -0.1) is 0 Å². The molecule has 0 aliphatic carbocycles. The molecule has 9 nitrogen and oxygen atoms in total. The maximum Gasteiger partial charge on any atom is 0.332 e. The van der Waals surface area contributed by atoms with Crippen LogP contribution >= 0.6 is 0 Å². The van der Waals surface area contributed by atoms with Crippen LogP contribution in [0.25, 0.3) is 0 Å². The number of hydrogen-bond donors (Lipinski definition) is 2. The second-order valence-corrected chi connectivity index (χ2v) is 6.61. The summed E-state index contributed by atoms with van der Waals surface area (Å²) in [5.74, 6) is 1.49. The number of hydrogen-bond acceptors (Lipinski definition) is 6. The number of amides is 2. The lowest BCUT2D eigenvalue weighted by atomic mass is 10.0. The minimum absolute atomic E-state index is 0.129. The molecule has 0 spiro atoms. The van der Waals surface area contributed by atoms with Crippen LogP contribution in [0, 0.1) is 17.0 Å². The van der Waals surface area contributed by atoms with E-state index in [1.807, 2.05) is 30.5 Å². The summed E-state index contributed by atoms with van der Waals surface area (Å²) in [6.07, 6.45) is 1.23. The van der Waals surface area contributed by atoms with Gasteiger partial charge >= 0.3 is 6.03 Å². The smallest absolute Gasteiger partial charge is 0.332 e. The van der Waals surface area contributed by atoms with Crippen LogP contribution in [0.3, 0.4) is 0 Å². The quantitative estimate of drug-likeness (QED) is 0.288. The molecule has 9 heteroatoms. The normalized spacial score (nSPS) is 10.9. The van der Waals surface area contributed by atoms with Gasteiger partial charge in [0, 0.05) is 17.7 Å². The number of nitrogens with zero attached hydrogens (tertiary/aromatic N) is 2. The third kappa shape index (κ3) is 6.49. The predicted molar refractivity (Wildman–Crippen MR) is 110 cm³/mol. The first kappa shape index (κ1) is 21.7. The van der Waals surface area contributed by atoms with Crippen LogP contribution < -0.4 is 20.6 Å². The van der Waals surface area contributed by atoms with Gasteiger partial charge in [0.15, 0.2) is 0 Å². The van der Waals surface area contributed by atoms with Gasteiger partial charge in [-0.3, -0.25) is 10.1 Å². The lowest BCUT2D eigenvalue weighted by Gasteiger charge is -2.15. The van der Waals surface area contributed by atoms with Crippen molar-refractivity contribution in [1.82, 2.24) is 5.43 Å². The molecular weight excluding hydrogens is 376 g/mol. The molecule has 0 aromatic heterocycles. The second kappa shape index (κ2) is 10.1. The molecule has 0 fully saturated rings. The van der Waals surface area contributed by atoms with Crippen molar-refractivity contribution in [1.29, 1.82) is 0 Å². The van der Waals surface area contributed by atoms with Crippen molar-refractivity contribution in [3.05, 3.63) is 63.2 Å². The van der Waals surface area contributed by atoms with Crippen LogP contribution in [0.1, 0.15) is 36.5 Å². The molecule has 2 amide bonds. The molecule has 0 atom stereocenters. The molecular formula is C20H24N4O5. The maximum absolute atomic E-state index is 11.0. The molecule has 0 saturated carbocycles. The van der Waals surface area contributed by atoms with E-state index in [0.29, 0.717) is 17.2 Å². The number of hydrazone groups is 1. The molecule has 2 aromatic rings. The summed E-state index contributed by atoms with van der Waals surface area (Å²) in [6, 6.07) is 9.31. The Balaban J connectivity index is 2.06. The Hall–Kier alpha value is -3.62. The monoisotopic (exact) mass is 400 g/mol. The number of benzene rings is 2. The van der Waals surface area contributed by atoms with Crippen LogP contribution in [0.4, 0.5) is 10.5 Å². The van der Waals surface area contributed by atoms with E-state index in [-0.39, 0.29) is 18.9 Å². The number of nitro benzene ring substituents is 1. The first-order chi connectivity index (χ1) is 13.8. The summed E-state index contributed by atoms with van der Waals surface area (Å²) >= 11 is 0. The number of nitro groups is 1. The number of nitrogens with two attached hydrogens (primary N) is 1. The van der Waals surface area contributed by atoms with Gasteiger partial charge in [0.2, 0.25) is 0 Å². The van der Waals surface area contributed by atoms with Crippen molar-refractivity contribution >= 4 is 17.9 Å². The lowest BCUT2D eigenvalue weighted by Crippen LogP contribution is -2.24. The number of carbonyl (C=O) groups excluding carboxylic acids is 1. The van der Waals surface area contributed by atoms with Crippen LogP contribution in [0.15, 0.2) is 41.5 Å². The Bertz CT molecular complexity index is 912. The number of ether oxygens (including phenoxy) is 2. The lowest BCUT2D eigenvalue weighted by molar-refractivity contribution is -0.384. The van der Waals surface area contributed by atoms with Gasteiger partial charge in [-0.05, 0) is 36.1 Å². The number of carbonyl (C=O) groups is 1. The van der Waals surface area contributed by atoms with E-state index in [4.69, 9.17) is 15.2 Å². The Morgan fingerprint density at radius 2 is 1.90 bits per heavy atom. The molecule has 2 aromatic carbocycles. The van der Waals surface area contributed by atoms with Gasteiger partial charge in [0.25, 0.3) is 5.69 Å². The van der Waals surface area contributed by atoms with Crippen LogP contribution in [0.2, 0.25) is 0 Å². The zero-order valence-corrected chi connectivity index (χ0v) is 16.5. The number of rotatable bonds is 9. The van der Waals surface area contributed by atoms with Crippen molar-refractivity contribution in [3.8, 4) is 11.5 Å². The third-order valence-electron chi connectivity index (χ3n) is 3.97. The van der Waals surface area contributed by atoms with Crippen molar-refractivity contribution in [2.24, 2.45) is 10.8 Å². The second-order valence-electron chi connectivity index (χ2n) is 6.61. The van der Waals surface area contributed by atoms with Gasteiger partial charge in [-0.2, -0.15) is 5.10 Å². The molecule has 154 valence electrons. The molecule has 3 N–H and O–H groups in total. The summed E-state index contributed by atoms with van der Waals surface area (Å²) in [7, 11) is 0. The van der Waals surface area contributed by atoms with Gasteiger partial charge in [-0.1, -0.05) is 26.0 Å². The topological polar surface area (TPSA) is 129 Å². The number of primary amides is 1. The summed E-state index contributed by atoms with van der Waals surface area (Å²) in [6.45, 7) is 6.69. The van der Waals surface area contributed by atoms with E-state index in [9.17, 15) is 14.9 Å². The first-order valence-corrected chi connectivity index (χ1v) is 9.01. The van der Waals surface area contributed by atoms with E-state index in [1.165, 1.54) is 24.4 Å². The van der Waals surface area contributed by atoms with Gasteiger partial charge in [0.1, 0.15) is 24.7 Å². The number of non-ortho nitro benzene ring substituents is 1. The molecule has 0 aliphatic rings. The summed E-state index contributed by atoms with van der Waals surface area (Å²) in [4.78, 5) is 21.2. The number of nitrogens with one attached hydrogen (secondary N) is 1. The van der Waals surface area contributed by atoms with E-state index in [2.05, 4.69) is 18.9 Å². The van der Waals surface area contributed by atoms with Crippen LogP contribution in [0.5, 0.6) is 11.5 Å². The van der Waals surface area contributed by atoms with Gasteiger partial charge in [-0.25, -0.2) is 10.2 Å². The van der Waals surface area contributed by atoms with Crippen molar-refractivity contribution < 1.29 is 19.2 Å². The average Bonchev–Trinajstić information content (AvgIpc) is 2.65. The number of aryl methyl sites for hydroxylation is 1. The first-order valence-electron chi connectivity index (χ1n) is 9.01.